The monoisotopic (exact) mass is 262 g/mol. The molecule has 1 aliphatic heterocycles. The molecule has 1 saturated heterocycles. The van der Waals surface area contributed by atoms with Crippen molar-refractivity contribution in [2.24, 2.45) is 5.92 Å². The molecule has 1 aromatic rings. The van der Waals surface area contributed by atoms with Gasteiger partial charge in [-0.15, -0.1) is 0 Å². The summed E-state index contributed by atoms with van der Waals surface area (Å²) in [5, 5.41) is 3.45. The van der Waals surface area contributed by atoms with Crippen molar-refractivity contribution in [3.05, 3.63) is 24.3 Å². The second-order valence-corrected chi connectivity index (χ2v) is 5.45. The summed E-state index contributed by atoms with van der Waals surface area (Å²) in [7, 11) is 0. The fourth-order valence-electron chi connectivity index (χ4n) is 2.41. The van der Waals surface area contributed by atoms with Crippen molar-refractivity contribution < 1.29 is 4.79 Å². The standard InChI is InChI=1S/C14H22N4O/c1-11(2)17-6-12-4-3-5-18(9-12)14(19)13-7-15-10-16-8-13/h7-8,10-12,17H,3-6,9H2,1-2H3. The molecule has 0 radical (unpaired) electrons. The van der Waals surface area contributed by atoms with Gasteiger partial charge in [-0.2, -0.15) is 0 Å². The van der Waals surface area contributed by atoms with Crippen LogP contribution in [0.25, 0.3) is 0 Å². The number of likely N-dealkylation sites (tertiary alicyclic amines) is 1. The lowest BCUT2D eigenvalue weighted by Gasteiger charge is -2.33. The number of carbonyl (C=O) groups excluding carboxylic acids is 1. The maximum atomic E-state index is 12.3. The van der Waals surface area contributed by atoms with Crippen molar-refractivity contribution >= 4 is 5.91 Å². The van der Waals surface area contributed by atoms with Crippen molar-refractivity contribution in [2.45, 2.75) is 32.7 Å². The summed E-state index contributed by atoms with van der Waals surface area (Å²) in [6, 6.07) is 0.494. The number of carbonyl (C=O) groups is 1. The Kier molecular flexibility index (Phi) is 4.85. The Morgan fingerprint density at radius 3 is 2.89 bits per heavy atom. The van der Waals surface area contributed by atoms with Gasteiger partial charge in [0.25, 0.3) is 5.91 Å². The topological polar surface area (TPSA) is 58.1 Å². The maximum absolute atomic E-state index is 12.3. The third kappa shape index (κ3) is 3.99. The van der Waals surface area contributed by atoms with Gasteiger partial charge in [-0.1, -0.05) is 13.8 Å². The lowest BCUT2D eigenvalue weighted by atomic mass is 9.97. The number of nitrogens with zero attached hydrogens (tertiary/aromatic N) is 3. The first kappa shape index (κ1) is 13.9. The summed E-state index contributed by atoms with van der Waals surface area (Å²) in [5.74, 6) is 0.597. The van der Waals surface area contributed by atoms with E-state index in [0.717, 1.165) is 26.1 Å². The molecule has 0 aromatic carbocycles. The Hall–Kier alpha value is -1.49. The van der Waals surface area contributed by atoms with E-state index in [2.05, 4.69) is 29.1 Å². The highest BCUT2D eigenvalue weighted by Gasteiger charge is 2.24. The van der Waals surface area contributed by atoms with Crippen molar-refractivity contribution in [1.29, 1.82) is 0 Å². The molecule has 104 valence electrons. The summed E-state index contributed by atoms with van der Waals surface area (Å²) >= 11 is 0. The first-order valence-corrected chi connectivity index (χ1v) is 6.94. The zero-order chi connectivity index (χ0) is 13.7. The average molecular weight is 262 g/mol. The zero-order valence-corrected chi connectivity index (χ0v) is 11.7. The second-order valence-electron chi connectivity index (χ2n) is 5.45. The Morgan fingerprint density at radius 1 is 1.47 bits per heavy atom. The number of hydrogen-bond donors (Lipinski definition) is 1. The molecular formula is C14H22N4O. The van der Waals surface area contributed by atoms with Crippen LogP contribution in [0, 0.1) is 5.92 Å². The van der Waals surface area contributed by atoms with Crippen LogP contribution in [-0.2, 0) is 0 Å². The maximum Gasteiger partial charge on any atom is 0.256 e. The van der Waals surface area contributed by atoms with Gasteiger partial charge >= 0.3 is 0 Å². The number of piperidine rings is 1. The largest absolute Gasteiger partial charge is 0.338 e. The van der Waals surface area contributed by atoms with Crippen molar-refractivity contribution in [1.82, 2.24) is 20.2 Å². The molecule has 2 heterocycles. The molecule has 1 unspecified atom stereocenters. The van der Waals surface area contributed by atoms with Crippen LogP contribution >= 0.6 is 0 Å². The van der Waals surface area contributed by atoms with Crippen LogP contribution in [0.3, 0.4) is 0 Å². The van der Waals surface area contributed by atoms with Crippen LogP contribution in [0.5, 0.6) is 0 Å². The van der Waals surface area contributed by atoms with Gasteiger partial charge in [0.15, 0.2) is 0 Å². The van der Waals surface area contributed by atoms with Gasteiger partial charge in [0.05, 0.1) is 5.56 Å². The van der Waals surface area contributed by atoms with E-state index in [1.807, 2.05) is 4.90 Å². The van der Waals surface area contributed by atoms with Gasteiger partial charge in [-0.25, -0.2) is 9.97 Å². The van der Waals surface area contributed by atoms with Gasteiger partial charge in [0.1, 0.15) is 6.33 Å². The molecule has 1 atom stereocenters. The molecule has 1 aliphatic rings. The highest BCUT2D eigenvalue weighted by atomic mass is 16.2. The molecular weight excluding hydrogens is 240 g/mol. The summed E-state index contributed by atoms with van der Waals surface area (Å²) in [6.07, 6.45) is 6.89. The Bertz CT molecular complexity index is 407. The van der Waals surface area contributed by atoms with Crippen LogP contribution in [0.1, 0.15) is 37.0 Å². The molecule has 1 fully saturated rings. The fraction of sp³-hybridized carbons (Fsp3) is 0.643. The van der Waals surface area contributed by atoms with E-state index in [4.69, 9.17) is 0 Å². The van der Waals surface area contributed by atoms with Gasteiger partial charge < -0.3 is 10.2 Å². The molecule has 0 bridgehead atoms. The second kappa shape index (κ2) is 6.61. The Balaban J connectivity index is 1.92. The number of hydrogen-bond acceptors (Lipinski definition) is 4. The number of aromatic nitrogens is 2. The van der Waals surface area contributed by atoms with Gasteiger partial charge in [0.2, 0.25) is 0 Å². The lowest BCUT2D eigenvalue weighted by molar-refractivity contribution is 0.0671. The molecule has 0 saturated carbocycles. The minimum atomic E-state index is 0.0508. The molecule has 5 heteroatoms. The SMILES string of the molecule is CC(C)NCC1CCCN(C(=O)c2cncnc2)C1. The van der Waals surface area contributed by atoms with E-state index in [0.29, 0.717) is 17.5 Å². The summed E-state index contributed by atoms with van der Waals surface area (Å²) in [5.41, 5.74) is 0.583. The van der Waals surface area contributed by atoms with E-state index in [-0.39, 0.29) is 5.91 Å². The van der Waals surface area contributed by atoms with Crippen molar-refractivity contribution in [3.63, 3.8) is 0 Å². The van der Waals surface area contributed by atoms with E-state index < -0.39 is 0 Å². The Labute approximate surface area is 114 Å². The highest BCUT2D eigenvalue weighted by molar-refractivity contribution is 5.93. The predicted molar refractivity (Wildman–Crippen MR) is 73.8 cm³/mol. The third-order valence-corrected chi connectivity index (χ3v) is 3.43. The van der Waals surface area contributed by atoms with E-state index in [9.17, 15) is 4.79 Å². The van der Waals surface area contributed by atoms with Crippen molar-refractivity contribution in [3.8, 4) is 0 Å². The van der Waals surface area contributed by atoms with E-state index in [1.165, 1.54) is 12.7 Å². The molecule has 0 spiro atoms. The van der Waals surface area contributed by atoms with E-state index >= 15 is 0 Å². The Morgan fingerprint density at radius 2 is 2.21 bits per heavy atom. The van der Waals surface area contributed by atoms with Crippen LogP contribution in [0.15, 0.2) is 18.7 Å². The first-order chi connectivity index (χ1) is 9.16. The average Bonchev–Trinajstić information content (AvgIpc) is 2.45. The minimum absolute atomic E-state index is 0.0508. The minimum Gasteiger partial charge on any atom is -0.338 e. The lowest BCUT2D eigenvalue weighted by Crippen LogP contribution is -2.43. The van der Waals surface area contributed by atoms with Crippen LogP contribution in [0.2, 0.25) is 0 Å². The van der Waals surface area contributed by atoms with Crippen molar-refractivity contribution in [2.75, 3.05) is 19.6 Å². The number of nitrogens with one attached hydrogen (secondary N) is 1. The molecule has 1 amide bonds. The number of amides is 1. The summed E-state index contributed by atoms with van der Waals surface area (Å²) < 4.78 is 0. The molecule has 1 N–H and O–H groups in total. The highest BCUT2D eigenvalue weighted by Crippen LogP contribution is 2.17. The summed E-state index contributed by atoms with van der Waals surface area (Å²) in [6.45, 7) is 6.94. The van der Waals surface area contributed by atoms with E-state index in [1.54, 1.807) is 12.4 Å². The fourth-order valence-corrected chi connectivity index (χ4v) is 2.41. The van der Waals surface area contributed by atoms with Crippen LogP contribution < -0.4 is 5.32 Å². The van der Waals surface area contributed by atoms with Gasteiger partial charge in [0, 0.05) is 31.5 Å². The smallest absolute Gasteiger partial charge is 0.256 e. The molecule has 0 aliphatic carbocycles. The molecule has 2 rings (SSSR count). The zero-order valence-electron chi connectivity index (χ0n) is 11.7. The molecule has 5 nitrogen and oxygen atoms in total. The van der Waals surface area contributed by atoms with Gasteiger partial charge in [-0.05, 0) is 25.3 Å². The molecule has 19 heavy (non-hydrogen) atoms. The molecule has 1 aromatic heterocycles. The third-order valence-electron chi connectivity index (χ3n) is 3.43. The predicted octanol–water partition coefficient (Wildman–Crippen LogP) is 1.33. The number of rotatable bonds is 4. The normalized spacial score (nSPS) is 19.7. The van der Waals surface area contributed by atoms with Gasteiger partial charge in [-0.3, -0.25) is 4.79 Å². The van der Waals surface area contributed by atoms with Crippen LogP contribution in [-0.4, -0.2) is 46.5 Å². The first-order valence-electron chi connectivity index (χ1n) is 6.94. The quantitative estimate of drug-likeness (QED) is 0.889. The summed E-state index contributed by atoms with van der Waals surface area (Å²) in [4.78, 5) is 22.1. The van der Waals surface area contributed by atoms with Crippen LogP contribution in [0.4, 0.5) is 0 Å².